The second kappa shape index (κ2) is 7.54. The van der Waals surface area contributed by atoms with Crippen molar-refractivity contribution in [1.82, 2.24) is 5.32 Å². The van der Waals surface area contributed by atoms with Gasteiger partial charge in [0, 0.05) is 0 Å². The van der Waals surface area contributed by atoms with E-state index >= 15 is 0 Å². The fourth-order valence-electron chi connectivity index (χ4n) is 3.25. The maximum absolute atomic E-state index is 14.1. The van der Waals surface area contributed by atoms with Crippen molar-refractivity contribution in [1.29, 1.82) is 5.26 Å². The molecule has 6 heteroatoms. The maximum atomic E-state index is 14.1. The number of aliphatic hydroxyl groups excluding tert-OH is 1. The molecular formula is C20H19FN2O3. The Morgan fingerprint density at radius 3 is 2.69 bits per heavy atom. The van der Waals surface area contributed by atoms with Crippen LogP contribution in [0.1, 0.15) is 40.4 Å². The minimum atomic E-state index is -0.512. The molecule has 2 aromatic carbocycles. The summed E-state index contributed by atoms with van der Waals surface area (Å²) >= 11 is 0. The highest BCUT2D eigenvalue weighted by molar-refractivity contribution is 5.96. The molecule has 1 atom stereocenters. The van der Waals surface area contributed by atoms with Gasteiger partial charge in [0.2, 0.25) is 0 Å². The van der Waals surface area contributed by atoms with Crippen molar-refractivity contribution in [3.8, 4) is 11.8 Å². The number of hydrogen-bond donors (Lipinski definition) is 2. The third kappa shape index (κ3) is 3.53. The molecule has 1 aliphatic carbocycles. The summed E-state index contributed by atoms with van der Waals surface area (Å²) in [6.45, 7) is 0. The predicted molar refractivity (Wildman–Crippen MR) is 93.0 cm³/mol. The fourth-order valence-corrected chi connectivity index (χ4v) is 3.25. The lowest BCUT2D eigenvalue weighted by molar-refractivity contribution is 0.0234. The fraction of sp³-hybridized carbons (Fsp3) is 0.300. The van der Waals surface area contributed by atoms with E-state index in [1.807, 2.05) is 6.07 Å². The molecule has 3 rings (SSSR count). The van der Waals surface area contributed by atoms with Crippen LogP contribution in [0.3, 0.4) is 0 Å². The smallest absolute Gasteiger partial charge is 0.253 e. The number of rotatable bonds is 5. The van der Waals surface area contributed by atoms with Gasteiger partial charge in [-0.25, -0.2) is 4.39 Å². The van der Waals surface area contributed by atoms with Crippen LogP contribution in [-0.4, -0.2) is 24.2 Å². The van der Waals surface area contributed by atoms with E-state index in [0.717, 1.165) is 0 Å². The van der Waals surface area contributed by atoms with E-state index < -0.39 is 23.9 Å². The molecule has 0 aromatic heterocycles. The largest absolute Gasteiger partial charge is 0.494 e. The summed E-state index contributed by atoms with van der Waals surface area (Å²) in [6, 6.07) is 12.6. The van der Waals surface area contributed by atoms with Crippen LogP contribution in [0.25, 0.3) is 0 Å². The second-order valence-electron chi connectivity index (χ2n) is 6.39. The Hall–Kier alpha value is -2.91. The van der Waals surface area contributed by atoms with Crippen LogP contribution in [0.5, 0.6) is 5.75 Å². The molecule has 2 aromatic rings. The highest BCUT2D eigenvalue weighted by Crippen LogP contribution is 2.39. The van der Waals surface area contributed by atoms with E-state index in [4.69, 9.17) is 4.74 Å². The number of carbonyl (C=O) groups is 1. The van der Waals surface area contributed by atoms with Gasteiger partial charge in [0.1, 0.15) is 0 Å². The molecule has 26 heavy (non-hydrogen) atoms. The first-order valence-corrected chi connectivity index (χ1v) is 8.35. The summed E-state index contributed by atoms with van der Waals surface area (Å²) in [5, 5.41) is 21.7. The minimum absolute atomic E-state index is 0.00371. The molecule has 1 aliphatic rings. The summed E-state index contributed by atoms with van der Waals surface area (Å²) in [4.78, 5) is 12.7. The molecule has 1 fully saturated rings. The molecule has 2 N–H and O–H groups in total. The molecule has 0 saturated heterocycles. The van der Waals surface area contributed by atoms with Gasteiger partial charge in [-0.3, -0.25) is 4.79 Å². The first-order chi connectivity index (χ1) is 12.5. The Kier molecular flexibility index (Phi) is 5.19. The molecule has 0 unspecified atom stereocenters. The Balaban J connectivity index is 1.89. The molecule has 1 saturated carbocycles. The number of nitriles is 1. The van der Waals surface area contributed by atoms with Crippen LogP contribution >= 0.6 is 0 Å². The third-order valence-electron chi connectivity index (χ3n) is 4.73. The average Bonchev–Trinajstić information content (AvgIpc) is 2.63. The summed E-state index contributed by atoms with van der Waals surface area (Å²) < 4.78 is 19.1. The third-order valence-corrected chi connectivity index (χ3v) is 4.73. The lowest BCUT2D eigenvalue weighted by Crippen LogP contribution is -2.41. The molecule has 5 nitrogen and oxygen atoms in total. The number of nitrogens with zero attached hydrogens (tertiary/aromatic N) is 1. The van der Waals surface area contributed by atoms with Gasteiger partial charge in [-0.05, 0) is 48.6 Å². The highest BCUT2D eigenvalue weighted by atomic mass is 19.1. The molecule has 0 bridgehead atoms. The van der Waals surface area contributed by atoms with Gasteiger partial charge in [0.15, 0.2) is 11.6 Å². The van der Waals surface area contributed by atoms with Crippen molar-refractivity contribution in [3.63, 3.8) is 0 Å². The standard InChI is InChI=1S/C20H19FN2O3/c1-26-18-7-6-12(10-17(18)21)19(14-8-15(24)9-14)23-20(25)16-5-3-2-4-13(16)11-22/h2-7,10,14-15,19,24H,8-9H2,1H3,(H,23,25)/t14?,15?,19-/m0/s1. The maximum Gasteiger partial charge on any atom is 0.253 e. The number of methoxy groups -OCH3 is 1. The zero-order valence-corrected chi connectivity index (χ0v) is 14.3. The lowest BCUT2D eigenvalue weighted by atomic mass is 9.75. The number of ether oxygens (including phenoxy) is 1. The number of benzene rings is 2. The zero-order valence-electron chi connectivity index (χ0n) is 14.3. The number of nitrogens with one attached hydrogen (secondary N) is 1. The van der Waals surface area contributed by atoms with Crippen molar-refractivity contribution in [3.05, 3.63) is 65.0 Å². The van der Waals surface area contributed by atoms with Gasteiger partial charge in [0.05, 0.1) is 36.5 Å². The molecule has 0 aliphatic heterocycles. The zero-order chi connectivity index (χ0) is 18.7. The van der Waals surface area contributed by atoms with Gasteiger partial charge in [-0.2, -0.15) is 5.26 Å². The first-order valence-electron chi connectivity index (χ1n) is 8.35. The molecule has 1 amide bonds. The van der Waals surface area contributed by atoms with Crippen molar-refractivity contribution in [2.45, 2.75) is 25.0 Å². The summed E-state index contributed by atoms with van der Waals surface area (Å²) in [5.41, 5.74) is 1.15. The monoisotopic (exact) mass is 354 g/mol. The number of carbonyl (C=O) groups excluding carboxylic acids is 1. The van der Waals surface area contributed by atoms with Crippen LogP contribution in [0, 0.1) is 23.1 Å². The Morgan fingerprint density at radius 2 is 2.08 bits per heavy atom. The quantitative estimate of drug-likeness (QED) is 0.865. The Morgan fingerprint density at radius 1 is 1.35 bits per heavy atom. The van der Waals surface area contributed by atoms with Gasteiger partial charge in [-0.1, -0.05) is 18.2 Å². The number of amides is 1. The van der Waals surface area contributed by atoms with E-state index in [1.54, 1.807) is 30.3 Å². The van der Waals surface area contributed by atoms with Crippen molar-refractivity contribution in [2.75, 3.05) is 7.11 Å². The van der Waals surface area contributed by atoms with E-state index in [0.29, 0.717) is 18.4 Å². The predicted octanol–water partition coefficient (Wildman–Crippen LogP) is 2.95. The van der Waals surface area contributed by atoms with Crippen molar-refractivity contribution in [2.24, 2.45) is 5.92 Å². The van der Waals surface area contributed by atoms with Crippen LogP contribution in [0.2, 0.25) is 0 Å². The van der Waals surface area contributed by atoms with Crippen LogP contribution < -0.4 is 10.1 Å². The Bertz CT molecular complexity index is 856. The van der Waals surface area contributed by atoms with E-state index in [-0.39, 0.29) is 22.8 Å². The topological polar surface area (TPSA) is 82.3 Å². The molecule has 134 valence electrons. The van der Waals surface area contributed by atoms with Crippen molar-refractivity contribution < 1.29 is 19.0 Å². The Labute approximate surface area is 151 Å². The van der Waals surface area contributed by atoms with Crippen molar-refractivity contribution >= 4 is 5.91 Å². The minimum Gasteiger partial charge on any atom is -0.494 e. The summed E-state index contributed by atoms with van der Waals surface area (Å²) in [6.07, 6.45) is 0.644. The first kappa shape index (κ1) is 17.9. The number of halogens is 1. The average molecular weight is 354 g/mol. The highest BCUT2D eigenvalue weighted by Gasteiger charge is 2.36. The van der Waals surface area contributed by atoms with E-state index in [2.05, 4.69) is 5.32 Å². The molecule has 0 radical (unpaired) electrons. The van der Waals surface area contributed by atoms with E-state index in [9.17, 15) is 19.6 Å². The van der Waals surface area contributed by atoms with Gasteiger partial charge in [0.25, 0.3) is 5.91 Å². The van der Waals surface area contributed by atoms with Gasteiger partial charge in [-0.15, -0.1) is 0 Å². The normalized spacial score (nSPS) is 19.8. The molecule has 0 spiro atoms. The summed E-state index contributed by atoms with van der Waals surface area (Å²) in [7, 11) is 1.39. The van der Waals surface area contributed by atoms with Crippen LogP contribution in [0.15, 0.2) is 42.5 Å². The van der Waals surface area contributed by atoms with Crippen LogP contribution in [0.4, 0.5) is 4.39 Å². The van der Waals surface area contributed by atoms with Gasteiger partial charge >= 0.3 is 0 Å². The van der Waals surface area contributed by atoms with Crippen LogP contribution in [-0.2, 0) is 0 Å². The van der Waals surface area contributed by atoms with Gasteiger partial charge < -0.3 is 15.2 Å². The van der Waals surface area contributed by atoms with E-state index in [1.165, 1.54) is 19.2 Å². The second-order valence-corrected chi connectivity index (χ2v) is 6.39. The number of hydrogen-bond acceptors (Lipinski definition) is 4. The number of aliphatic hydroxyl groups is 1. The molecule has 0 heterocycles. The lowest BCUT2D eigenvalue weighted by Gasteiger charge is -2.38. The molecular weight excluding hydrogens is 335 g/mol. The SMILES string of the molecule is COc1ccc([C@H](NC(=O)c2ccccc2C#N)C2CC(O)C2)cc1F. The summed E-state index contributed by atoms with van der Waals surface area (Å²) in [5.74, 6) is -0.787.